The van der Waals surface area contributed by atoms with Crippen LogP contribution in [0.4, 0.5) is 4.39 Å². The average molecular weight is 415 g/mol. The number of aromatic nitrogens is 1. The van der Waals surface area contributed by atoms with Crippen LogP contribution < -0.4 is 0 Å². The lowest BCUT2D eigenvalue weighted by Crippen LogP contribution is -2.37. The molecule has 2 heterocycles. The van der Waals surface area contributed by atoms with Crippen molar-refractivity contribution in [2.24, 2.45) is 0 Å². The summed E-state index contributed by atoms with van der Waals surface area (Å²) < 4.78 is 37.3. The van der Waals surface area contributed by atoms with Gasteiger partial charge < -0.3 is 9.88 Å². The molecule has 29 heavy (non-hydrogen) atoms. The molecule has 152 valence electrons. The number of nitrogens with zero attached hydrogens (tertiary/aromatic N) is 1. The Bertz CT molecular complexity index is 1160. The molecule has 4 rings (SSSR count). The lowest BCUT2D eigenvalue weighted by Gasteiger charge is -2.23. The van der Waals surface area contributed by atoms with Gasteiger partial charge in [0.25, 0.3) is 0 Å². The van der Waals surface area contributed by atoms with Gasteiger partial charge in [-0.15, -0.1) is 0 Å². The maximum absolute atomic E-state index is 13.9. The number of carbonyl (C=O) groups is 1. The van der Waals surface area contributed by atoms with Gasteiger partial charge in [0, 0.05) is 36.1 Å². The van der Waals surface area contributed by atoms with Crippen molar-refractivity contribution in [3.8, 4) is 11.3 Å². The molecule has 0 spiro atoms. The van der Waals surface area contributed by atoms with Crippen LogP contribution in [0.25, 0.3) is 22.2 Å². The number of hydrogen-bond acceptors (Lipinski definition) is 3. The Labute approximate surface area is 169 Å². The van der Waals surface area contributed by atoms with Crippen LogP contribution >= 0.6 is 0 Å². The van der Waals surface area contributed by atoms with E-state index in [-0.39, 0.29) is 35.7 Å². The fourth-order valence-electron chi connectivity index (χ4n) is 4.02. The van der Waals surface area contributed by atoms with Crippen molar-refractivity contribution in [1.82, 2.24) is 9.88 Å². The van der Waals surface area contributed by atoms with Crippen molar-refractivity contribution in [2.45, 2.75) is 25.3 Å². The molecular formula is C22H23FN2O3S. The number of rotatable bonds is 5. The summed E-state index contributed by atoms with van der Waals surface area (Å²) in [6, 6.07) is 14.1. The van der Waals surface area contributed by atoms with E-state index in [0.29, 0.717) is 12.8 Å². The number of carbonyl (C=O) groups excluding carboxylic acids is 1. The van der Waals surface area contributed by atoms with E-state index in [1.807, 2.05) is 30.3 Å². The zero-order valence-electron chi connectivity index (χ0n) is 16.2. The predicted molar refractivity (Wildman–Crippen MR) is 112 cm³/mol. The monoisotopic (exact) mass is 414 g/mol. The second-order valence-corrected chi connectivity index (χ2v) is 9.82. The summed E-state index contributed by atoms with van der Waals surface area (Å²) in [5.74, 6) is -0.258. The topological polar surface area (TPSA) is 70.2 Å². The number of hydrogen-bond donors (Lipinski definition) is 1. The highest BCUT2D eigenvalue weighted by Gasteiger charge is 2.32. The maximum atomic E-state index is 13.9. The van der Waals surface area contributed by atoms with E-state index in [0.717, 1.165) is 27.7 Å². The van der Waals surface area contributed by atoms with E-state index < -0.39 is 9.84 Å². The van der Waals surface area contributed by atoms with Crippen molar-refractivity contribution >= 4 is 26.6 Å². The smallest absolute Gasteiger partial charge is 0.222 e. The normalized spacial score (nSPS) is 18.2. The molecule has 0 bridgehead atoms. The first-order chi connectivity index (χ1) is 13.8. The first-order valence-electron chi connectivity index (χ1n) is 9.66. The zero-order valence-corrected chi connectivity index (χ0v) is 17.0. The summed E-state index contributed by atoms with van der Waals surface area (Å²) in [4.78, 5) is 17.6. The van der Waals surface area contributed by atoms with Gasteiger partial charge in [-0.05, 0) is 42.2 Å². The van der Waals surface area contributed by atoms with Crippen LogP contribution in [0.1, 0.15) is 18.4 Å². The Morgan fingerprint density at radius 3 is 2.66 bits per heavy atom. The second kappa shape index (κ2) is 7.63. The summed E-state index contributed by atoms with van der Waals surface area (Å²) >= 11 is 0. The third-order valence-corrected chi connectivity index (χ3v) is 7.42. The van der Waals surface area contributed by atoms with Crippen LogP contribution in [0.2, 0.25) is 0 Å². The molecule has 7 heteroatoms. The molecule has 0 radical (unpaired) electrons. The Hall–Kier alpha value is -2.67. The molecule has 3 aromatic rings. The van der Waals surface area contributed by atoms with Crippen molar-refractivity contribution in [1.29, 1.82) is 0 Å². The molecule has 1 aromatic heterocycles. The molecule has 1 saturated heterocycles. The fraction of sp³-hybridized carbons (Fsp3) is 0.318. The van der Waals surface area contributed by atoms with Crippen molar-refractivity contribution in [3.05, 3.63) is 59.9 Å². The summed E-state index contributed by atoms with van der Waals surface area (Å²) in [6.07, 6.45) is 1.16. The summed E-state index contributed by atoms with van der Waals surface area (Å²) in [5, 5.41) is 0.766. The standard InChI is InChI=1S/C22H23FN2O3S/c1-25(17-11-12-29(27,28)14-17)21(26)10-8-18-19-13-16(23)7-9-20(19)24-22(18)15-5-3-2-4-6-15/h2-7,9,13,17,24H,8,10-12,14H2,1H3. The van der Waals surface area contributed by atoms with Crippen molar-refractivity contribution in [2.75, 3.05) is 18.6 Å². The molecular weight excluding hydrogens is 391 g/mol. The SMILES string of the molecule is CN(C(=O)CCc1c(-c2ccccc2)[nH]c2ccc(F)cc12)C1CCS(=O)(=O)C1. The number of halogens is 1. The van der Waals surface area contributed by atoms with Gasteiger partial charge in [0.2, 0.25) is 5.91 Å². The van der Waals surface area contributed by atoms with Gasteiger partial charge in [-0.1, -0.05) is 30.3 Å². The average Bonchev–Trinajstić information content (AvgIpc) is 3.25. The van der Waals surface area contributed by atoms with Crippen LogP contribution in [-0.4, -0.2) is 48.8 Å². The van der Waals surface area contributed by atoms with Gasteiger partial charge in [-0.3, -0.25) is 4.79 Å². The number of aromatic amines is 1. The molecule has 1 fully saturated rings. The molecule has 1 aliphatic heterocycles. The van der Waals surface area contributed by atoms with Crippen LogP contribution in [0.5, 0.6) is 0 Å². The number of H-pyrrole nitrogens is 1. The highest BCUT2D eigenvalue weighted by atomic mass is 32.2. The number of benzene rings is 2. The molecule has 1 N–H and O–H groups in total. The van der Waals surface area contributed by atoms with Gasteiger partial charge in [0.05, 0.1) is 11.5 Å². The number of nitrogens with one attached hydrogen (secondary N) is 1. The molecule has 1 unspecified atom stereocenters. The van der Waals surface area contributed by atoms with E-state index in [4.69, 9.17) is 0 Å². The quantitative estimate of drug-likeness (QED) is 0.694. The summed E-state index contributed by atoms with van der Waals surface area (Å²) in [5.41, 5.74) is 3.57. The number of fused-ring (bicyclic) bond motifs is 1. The van der Waals surface area contributed by atoms with Gasteiger partial charge in [0.1, 0.15) is 5.82 Å². The van der Waals surface area contributed by atoms with Crippen molar-refractivity contribution in [3.63, 3.8) is 0 Å². The Morgan fingerprint density at radius 2 is 1.97 bits per heavy atom. The number of aryl methyl sites for hydroxylation is 1. The van der Waals surface area contributed by atoms with E-state index in [2.05, 4.69) is 4.98 Å². The Kier molecular flexibility index (Phi) is 5.17. The Balaban J connectivity index is 1.60. The highest BCUT2D eigenvalue weighted by molar-refractivity contribution is 7.91. The molecule has 0 saturated carbocycles. The first-order valence-corrected chi connectivity index (χ1v) is 11.5. The lowest BCUT2D eigenvalue weighted by atomic mass is 10.0. The third kappa shape index (κ3) is 4.05. The minimum Gasteiger partial charge on any atom is -0.354 e. The van der Waals surface area contributed by atoms with Crippen LogP contribution in [0, 0.1) is 5.82 Å². The van der Waals surface area contributed by atoms with E-state index in [1.54, 1.807) is 18.0 Å². The van der Waals surface area contributed by atoms with Gasteiger partial charge >= 0.3 is 0 Å². The van der Waals surface area contributed by atoms with E-state index in [1.165, 1.54) is 12.1 Å². The number of amides is 1. The van der Waals surface area contributed by atoms with E-state index >= 15 is 0 Å². The number of sulfone groups is 1. The van der Waals surface area contributed by atoms with Gasteiger partial charge in [0.15, 0.2) is 9.84 Å². The molecule has 2 aromatic carbocycles. The van der Waals surface area contributed by atoms with Crippen LogP contribution in [0.3, 0.4) is 0 Å². The molecule has 1 atom stereocenters. The second-order valence-electron chi connectivity index (χ2n) is 7.60. The first kappa shape index (κ1) is 19.6. The largest absolute Gasteiger partial charge is 0.354 e. The molecule has 0 aliphatic carbocycles. The third-order valence-electron chi connectivity index (χ3n) is 5.67. The van der Waals surface area contributed by atoms with Gasteiger partial charge in [-0.25, -0.2) is 12.8 Å². The van der Waals surface area contributed by atoms with Crippen LogP contribution in [0.15, 0.2) is 48.5 Å². The summed E-state index contributed by atoms with van der Waals surface area (Å²) in [7, 11) is -1.38. The molecule has 1 aliphatic rings. The minimum absolute atomic E-state index is 0.0306. The predicted octanol–water partition coefficient (Wildman–Crippen LogP) is 3.55. The van der Waals surface area contributed by atoms with Crippen LogP contribution in [-0.2, 0) is 21.1 Å². The molecule has 5 nitrogen and oxygen atoms in total. The van der Waals surface area contributed by atoms with Crippen molar-refractivity contribution < 1.29 is 17.6 Å². The Morgan fingerprint density at radius 1 is 1.21 bits per heavy atom. The highest BCUT2D eigenvalue weighted by Crippen LogP contribution is 2.32. The maximum Gasteiger partial charge on any atom is 0.222 e. The van der Waals surface area contributed by atoms with E-state index in [9.17, 15) is 17.6 Å². The summed E-state index contributed by atoms with van der Waals surface area (Å²) in [6.45, 7) is 0. The minimum atomic E-state index is -3.05. The lowest BCUT2D eigenvalue weighted by molar-refractivity contribution is -0.131. The zero-order chi connectivity index (χ0) is 20.6. The fourth-order valence-corrected chi connectivity index (χ4v) is 5.80. The van der Waals surface area contributed by atoms with Gasteiger partial charge in [-0.2, -0.15) is 0 Å². The molecule has 1 amide bonds.